The quantitative estimate of drug-likeness (QED) is 0.702. The molecule has 4 nitrogen and oxygen atoms in total. The van der Waals surface area contributed by atoms with Crippen molar-refractivity contribution in [3.63, 3.8) is 0 Å². The van der Waals surface area contributed by atoms with E-state index in [9.17, 15) is 4.79 Å². The van der Waals surface area contributed by atoms with Crippen LogP contribution < -0.4 is 5.32 Å². The van der Waals surface area contributed by atoms with Gasteiger partial charge in [-0.1, -0.05) is 44.2 Å². The minimum absolute atomic E-state index is 0.0701. The van der Waals surface area contributed by atoms with E-state index in [2.05, 4.69) is 72.8 Å². The van der Waals surface area contributed by atoms with Crippen molar-refractivity contribution in [3.05, 3.63) is 47.5 Å². The summed E-state index contributed by atoms with van der Waals surface area (Å²) in [6.45, 7) is 12.5. The summed E-state index contributed by atoms with van der Waals surface area (Å²) in [5.41, 5.74) is 4.75. The molecule has 1 heterocycles. The summed E-state index contributed by atoms with van der Waals surface area (Å²) in [5.74, 6) is 0.0701. The van der Waals surface area contributed by atoms with Crippen LogP contribution in [0.25, 0.3) is 21.8 Å². The molecule has 0 atom stereocenters. The monoisotopic (exact) mass is 351 g/mol. The van der Waals surface area contributed by atoms with E-state index in [-0.39, 0.29) is 5.91 Å². The Morgan fingerprint density at radius 3 is 2.46 bits per heavy atom. The van der Waals surface area contributed by atoms with Gasteiger partial charge < -0.3 is 14.8 Å². The summed E-state index contributed by atoms with van der Waals surface area (Å²) < 4.78 is 2.17. The second kappa shape index (κ2) is 7.92. The van der Waals surface area contributed by atoms with E-state index < -0.39 is 0 Å². The van der Waals surface area contributed by atoms with Crippen LogP contribution in [0, 0.1) is 13.8 Å². The lowest BCUT2D eigenvalue weighted by Crippen LogP contribution is -2.36. The summed E-state index contributed by atoms with van der Waals surface area (Å²) >= 11 is 0. The Balaban J connectivity index is 1.89. The lowest BCUT2D eigenvalue weighted by atomic mass is 10.0. The van der Waals surface area contributed by atoms with Crippen molar-refractivity contribution in [2.75, 3.05) is 26.2 Å². The van der Waals surface area contributed by atoms with Gasteiger partial charge in [-0.05, 0) is 44.1 Å². The molecule has 0 unspecified atom stereocenters. The molecule has 0 aliphatic heterocycles. The predicted molar refractivity (Wildman–Crippen MR) is 110 cm³/mol. The van der Waals surface area contributed by atoms with Gasteiger partial charge in [0.2, 0.25) is 5.91 Å². The molecule has 0 fully saturated rings. The third-order valence-electron chi connectivity index (χ3n) is 5.27. The van der Waals surface area contributed by atoms with Crippen LogP contribution in [-0.4, -0.2) is 41.6 Å². The first kappa shape index (κ1) is 18.5. The van der Waals surface area contributed by atoms with Crippen LogP contribution in [0.4, 0.5) is 0 Å². The first-order valence-electron chi connectivity index (χ1n) is 9.53. The number of fused-ring (bicyclic) bond motifs is 3. The van der Waals surface area contributed by atoms with Crippen molar-refractivity contribution >= 4 is 27.7 Å². The Morgan fingerprint density at radius 1 is 1.04 bits per heavy atom. The van der Waals surface area contributed by atoms with Crippen LogP contribution in [0.1, 0.15) is 25.0 Å². The zero-order chi connectivity index (χ0) is 18.7. The van der Waals surface area contributed by atoms with E-state index in [0.717, 1.165) is 25.2 Å². The Hall–Kier alpha value is -2.33. The summed E-state index contributed by atoms with van der Waals surface area (Å²) in [6, 6.07) is 12.7. The number of rotatable bonds is 7. The van der Waals surface area contributed by atoms with Crippen molar-refractivity contribution < 1.29 is 4.79 Å². The molecule has 0 bridgehead atoms. The molecule has 2 aromatic carbocycles. The Bertz CT molecular complexity index is 922. The second-order valence-corrected chi connectivity index (χ2v) is 6.90. The topological polar surface area (TPSA) is 37.3 Å². The fraction of sp³-hybridized carbons (Fsp3) is 0.409. The number of carbonyl (C=O) groups is 1. The molecule has 0 spiro atoms. The van der Waals surface area contributed by atoms with Gasteiger partial charge in [0.1, 0.15) is 6.54 Å². The molecule has 0 radical (unpaired) electrons. The molecule has 1 N–H and O–H groups in total. The molecule has 1 aromatic heterocycles. The zero-order valence-electron chi connectivity index (χ0n) is 16.3. The van der Waals surface area contributed by atoms with Crippen LogP contribution in [0.2, 0.25) is 0 Å². The van der Waals surface area contributed by atoms with Gasteiger partial charge in [-0.3, -0.25) is 4.79 Å². The van der Waals surface area contributed by atoms with Gasteiger partial charge in [0.15, 0.2) is 0 Å². The smallest absolute Gasteiger partial charge is 0.240 e. The summed E-state index contributed by atoms with van der Waals surface area (Å²) in [6.07, 6.45) is 0. The molecule has 4 heteroatoms. The van der Waals surface area contributed by atoms with Crippen LogP contribution in [0.5, 0.6) is 0 Å². The second-order valence-electron chi connectivity index (χ2n) is 6.90. The summed E-state index contributed by atoms with van der Waals surface area (Å²) in [4.78, 5) is 14.9. The van der Waals surface area contributed by atoms with E-state index in [0.29, 0.717) is 13.1 Å². The van der Waals surface area contributed by atoms with Crippen LogP contribution >= 0.6 is 0 Å². The highest BCUT2D eigenvalue weighted by Crippen LogP contribution is 2.33. The van der Waals surface area contributed by atoms with E-state index in [1.807, 2.05) is 6.07 Å². The van der Waals surface area contributed by atoms with Crippen LogP contribution in [0.15, 0.2) is 36.4 Å². The first-order valence-corrected chi connectivity index (χ1v) is 9.53. The maximum atomic E-state index is 12.6. The summed E-state index contributed by atoms with van der Waals surface area (Å²) in [7, 11) is 0. The maximum absolute atomic E-state index is 12.6. The minimum atomic E-state index is 0.0701. The van der Waals surface area contributed by atoms with Gasteiger partial charge in [0.05, 0.1) is 5.52 Å². The lowest BCUT2D eigenvalue weighted by molar-refractivity contribution is -0.121. The van der Waals surface area contributed by atoms with Crippen molar-refractivity contribution in [2.24, 2.45) is 0 Å². The molecule has 0 saturated heterocycles. The number of carbonyl (C=O) groups excluding carboxylic acids is 1. The molecular formula is C22H29N3O. The lowest BCUT2D eigenvalue weighted by Gasteiger charge is -2.18. The number of likely N-dealkylation sites (N-methyl/N-ethyl adjacent to an activating group) is 1. The molecule has 0 saturated carbocycles. The van der Waals surface area contributed by atoms with Crippen LogP contribution in [-0.2, 0) is 11.3 Å². The molecule has 0 aliphatic carbocycles. The number of hydrogen-bond donors (Lipinski definition) is 1. The Morgan fingerprint density at radius 2 is 1.73 bits per heavy atom. The van der Waals surface area contributed by atoms with Crippen molar-refractivity contribution in [2.45, 2.75) is 34.2 Å². The standard InChI is InChI=1S/C22H29N3O/c1-5-24(6-2)14-13-23-20(26)15-25-19-10-8-7-9-18(19)21-16(3)11-12-17(4)22(21)25/h7-12H,5-6,13-15H2,1-4H3,(H,23,26). The third-order valence-corrected chi connectivity index (χ3v) is 5.27. The largest absolute Gasteiger partial charge is 0.353 e. The number of para-hydroxylation sites is 1. The number of nitrogens with zero attached hydrogens (tertiary/aromatic N) is 2. The predicted octanol–water partition coefficient (Wildman–Crippen LogP) is 3.87. The molecule has 0 aliphatic rings. The van der Waals surface area contributed by atoms with Gasteiger partial charge in [-0.25, -0.2) is 0 Å². The van der Waals surface area contributed by atoms with E-state index in [4.69, 9.17) is 0 Å². The van der Waals surface area contributed by atoms with Gasteiger partial charge >= 0.3 is 0 Å². The number of nitrogens with one attached hydrogen (secondary N) is 1. The normalized spacial score (nSPS) is 11.6. The third kappa shape index (κ3) is 3.47. The van der Waals surface area contributed by atoms with E-state index >= 15 is 0 Å². The highest BCUT2D eigenvalue weighted by atomic mass is 16.1. The van der Waals surface area contributed by atoms with Crippen molar-refractivity contribution in [1.82, 2.24) is 14.8 Å². The molecule has 1 amide bonds. The van der Waals surface area contributed by atoms with E-state index in [1.54, 1.807) is 0 Å². The number of aromatic nitrogens is 1. The average Bonchev–Trinajstić information content (AvgIpc) is 2.98. The number of amides is 1. The molecule has 26 heavy (non-hydrogen) atoms. The molecule has 3 aromatic rings. The maximum Gasteiger partial charge on any atom is 0.240 e. The van der Waals surface area contributed by atoms with Crippen molar-refractivity contribution in [1.29, 1.82) is 0 Å². The number of hydrogen-bond acceptors (Lipinski definition) is 2. The first-order chi connectivity index (χ1) is 12.6. The van der Waals surface area contributed by atoms with Gasteiger partial charge in [-0.2, -0.15) is 0 Å². The highest BCUT2D eigenvalue weighted by Gasteiger charge is 2.16. The Labute approximate surface area is 155 Å². The number of benzene rings is 2. The SMILES string of the molecule is CCN(CC)CCNC(=O)Cn1c2ccccc2c2c(C)ccc(C)c21. The molecule has 138 valence electrons. The number of aryl methyl sites for hydroxylation is 2. The average molecular weight is 351 g/mol. The van der Waals surface area contributed by atoms with Gasteiger partial charge in [0.25, 0.3) is 0 Å². The highest BCUT2D eigenvalue weighted by molar-refractivity contribution is 6.11. The molecule has 3 rings (SSSR count). The van der Waals surface area contributed by atoms with Crippen molar-refractivity contribution in [3.8, 4) is 0 Å². The molecular weight excluding hydrogens is 322 g/mol. The minimum Gasteiger partial charge on any atom is -0.353 e. The fourth-order valence-corrected chi connectivity index (χ4v) is 3.78. The zero-order valence-corrected chi connectivity index (χ0v) is 16.3. The van der Waals surface area contributed by atoms with Gasteiger partial charge in [0, 0.05) is 29.4 Å². The van der Waals surface area contributed by atoms with Gasteiger partial charge in [-0.15, -0.1) is 0 Å². The van der Waals surface area contributed by atoms with E-state index in [1.165, 1.54) is 27.4 Å². The fourth-order valence-electron chi connectivity index (χ4n) is 3.78. The van der Waals surface area contributed by atoms with Crippen LogP contribution in [0.3, 0.4) is 0 Å². The summed E-state index contributed by atoms with van der Waals surface area (Å²) in [5, 5.41) is 5.56. The Kier molecular flexibility index (Phi) is 5.62.